The molecule has 2 rings (SSSR count). The first-order valence-corrected chi connectivity index (χ1v) is 7.67. The average Bonchev–Trinajstić information content (AvgIpc) is 2.66. The molecule has 2 N–H and O–H groups in total. The van der Waals surface area contributed by atoms with Gasteiger partial charge in [-0.05, 0) is 72.4 Å². The number of halogens is 1. The molecular weight excluding hydrogens is 314 g/mol. The number of aryl methyl sites for hydroxylation is 3. The van der Waals surface area contributed by atoms with Crippen molar-refractivity contribution in [3.8, 4) is 11.3 Å². The summed E-state index contributed by atoms with van der Waals surface area (Å²) in [6, 6.07) is 2.24. The Bertz CT molecular complexity index is 630. The average molecular weight is 336 g/mol. The van der Waals surface area contributed by atoms with Gasteiger partial charge in [0, 0.05) is 19.0 Å². The lowest BCUT2D eigenvalue weighted by Gasteiger charge is -2.14. The SMILES string of the molecule is Cc1cc(C)c(C)c(-c2nn(C)c(CCN)c2Br)c1C. The van der Waals surface area contributed by atoms with Gasteiger partial charge in [-0.15, -0.1) is 0 Å². The second-order valence-corrected chi connectivity index (χ2v) is 6.20. The third kappa shape index (κ3) is 2.42. The molecule has 1 heterocycles. The molecule has 1 aromatic carbocycles. The molecule has 0 amide bonds. The number of nitrogens with two attached hydrogens (primary N) is 1. The molecule has 0 spiro atoms. The van der Waals surface area contributed by atoms with Crippen LogP contribution < -0.4 is 5.73 Å². The van der Waals surface area contributed by atoms with E-state index in [4.69, 9.17) is 10.8 Å². The van der Waals surface area contributed by atoms with Gasteiger partial charge in [-0.25, -0.2) is 0 Å². The molecule has 3 nitrogen and oxygen atoms in total. The van der Waals surface area contributed by atoms with E-state index in [9.17, 15) is 0 Å². The van der Waals surface area contributed by atoms with E-state index >= 15 is 0 Å². The minimum atomic E-state index is 0.627. The van der Waals surface area contributed by atoms with Gasteiger partial charge in [-0.3, -0.25) is 4.68 Å². The minimum Gasteiger partial charge on any atom is -0.330 e. The normalized spacial score (nSPS) is 11.2. The number of rotatable bonds is 3. The summed E-state index contributed by atoms with van der Waals surface area (Å²) in [5, 5.41) is 4.72. The summed E-state index contributed by atoms with van der Waals surface area (Å²) in [5.41, 5.74) is 14.3. The van der Waals surface area contributed by atoms with Gasteiger partial charge >= 0.3 is 0 Å². The fourth-order valence-corrected chi connectivity index (χ4v) is 3.41. The molecule has 4 heteroatoms. The van der Waals surface area contributed by atoms with Gasteiger partial charge in [0.05, 0.1) is 10.2 Å². The monoisotopic (exact) mass is 335 g/mol. The smallest absolute Gasteiger partial charge is 0.107 e. The fraction of sp³-hybridized carbons (Fsp3) is 0.438. The lowest BCUT2D eigenvalue weighted by Crippen LogP contribution is -2.07. The topological polar surface area (TPSA) is 43.8 Å². The van der Waals surface area contributed by atoms with Crippen molar-refractivity contribution < 1.29 is 0 Å². The van der Waals surface area contributed by atoms with Gasteiger partial charge in [0.2, 0.25) is 0 Å². The Morgan fingerprint density at radius 3 is 2.20 bits per heavy atom. The molecule has 0 radical (unpaired) electrons. The molecule has 0 atom stereocenters. The van der Waals surface area contributed by atoms with Gasteiger partial charge < -0.3 is 5.73 Å². The molecule has 1 aromatic heterocycles. The molecule has 108 valence electrons. The largest absolute Gasteiger partial charge is 0.330 e. The number of nitrogens with zero attached hydrogens (tertiary/aromatic N) is 2. The van der Waals surface area contributed by atoms with Crippen molar-refractivity contribution in [3.05, 3.63) is 38.5 Å². The lowest BCUT2D eigenvalue weighted by molar-refractivity contribution is 0.707. The highest BCUT2D eigenvalue weighted by Gasteiger charge is 2.19. The van der Waals surface area contributed by atoms with E-state index in [1.807, 2.05) is 11.7 Å². The zero-order chi connectivity index (χ0) is 15.0. The highest BCUT2D eigenvalue weighted by Crippen LogP contribution is 2.36. The molecule has 0 saturated carbocycles. The van der Waals surface area contributed by atoms with Gasteiger partial charge in [0.15, 0.2) is 0 Å². The zero-order valence-electron chi connectivity index (χ0n) is 12.8. The lowest BCUT2D eigenvalue weighted by atomic mass is 9.92. The van der Waals surface area contributed by atoms with Gasteiger partial charge in [0.25, 0.3) is 0 Å². The van der Waals surface area contributed by atoms with E-state index in [1.54, 1.807) is 0 Å². The van der Waals surface area contributed by atoms with Crippen LogP contribution in [0, 0.1) is 27.7 Å². The number of aromatic nitrogens is 2. The number of hydrogen-bond acceptors (Lipinski definition) is 2. The Hall–Kier alpha value is -1.13. The van der Waals surface area contributed by atoms with Crippen molar-refractivity contribution in [1.29, 1.82) is 0 Å². The molecule has 0 aliphatic rings. The van der Waals surface area contributed by atoms with E-state index in [0.717, 1.165) is 22.3 Å². The fourth-order valence-electron chi connectivity index (χ4n) is 2.67. The first-order chi connectivity index (χ1) is 9.38. The maximum Gasteiger partial charge on any atom is 0.107 e. The molecule has 0 unspecified atom stereocenters. The van der Waals surface area contributed by atoms with E-state index in [1.165, 1.54) is 27.8 Å². The number of hydrogen-bond donors (Lipinski definition) is 1. The maximum absolute atomic E-state index is 5.69. The Balaban J connectivity index is 2.72. The van der Waals surface area contributed by atoms with Gasteiger partial charge in [0.1, 0.15) is 5.69 Å². The molecule has 0 bridgehead atoms. The van der Waals surface area contributed by atoms with Crippen molar-refractivity contribution in [2.45, 2.75) is 34.1 Å². The third-order valence-electron chi connectivity index (χ3n) is 4.09. The molecule has 2 aromatic rings. The van der Waals surface area contributed by atoms with Crippen LogP contribution >= 0.6 is 15.9 Å². The first-order valence-electron chi connectivity index (χ1n) is 6.87. The first kappa shape index (κ1) is 15.3. The van der Waals surface area contributed by atoms with E-state index in [0.29, 0.717) is 6.54 Å². The number of benzene rings is 1. The second-order valence-electron chi connectivity index (χ2n) is 5.41. The molecular formula is C16H22BrN3. The van der Waals surface area contributed by atoms with Gasteiger partial charge in [-0.1, -0.05) is 6.07 Å². The summed E-state index contributed by atoms with van der Waals surface area (Å²) in [5.74, 6) is 0. The quantitative estimate of drug-likeness (QED) is 0.931. The van der Waals surface area contributed by atoms with Crippen LogP contribution in [0.4, 0.5) is 0 Å². The summed E-state index contributed by atoms with van der Waals surface area (Å²) in [6.45, 7) is 9.27. The van der Waals surface area contributed by atoms with Crippen molar-refractivity contribution in [1.82, 2.24) is 9.78 Å². The predicted molar refractivity (Wildman–Crippen MR) is 88.1 cm³/mol. The summed E-state index contributed by atoms with van der Waals surface area (Å²) in [6.07, 6.45) is 0.826. The zero-order valence-corrected chi connectivity index (χ0v) is 14.4. The van der Waals surface area contributed by atoms with Gasteiger partial charge in [-0.2, -0.15) is 5.10 Å². The van der Waals surface area contributed by atoms with Crippen molar-refractivity contribution in [2.75, 3.05) is 6.54 Å². The van der Waals surface area contributed by atoms with Crippen molar-refractivity contribution >= 4 is 15.9 Å². The van der Waals surface area contributed by atoms with Crippen LogP contribution in [0.25, 0.3) is 11.3 Å². The second kappa shape index (κ2) is 5.70. The van der Waals surface area contributed by atoms with Crippen molar-refractivity contribution in [3.63, 3.8) is 0 Å². The predicted octanol–water partition coefficient (Wildman–Crippen LogP) is 3.58. The van der Waals surface area contributed by atoms with Crippen LogP contribution in [-0.2, 0) is 13.5 Å². The van der Waals surface area contributed by atoms with Crippen LogP contribution in [0.1, 0.15) is 27.9 Å². The minimum absolute atomic E-state index is 0.627. The highest BCUT2D eigenvalue weighted by atomic mass is 79.9. The molecule has 20 heavy (non-hydrogen) atoms. The molecule has 0 fully saturated rings. The standard InChI is InChI=1S/C16H22BrN3/c1-9-8-10(2)12(4)14(11(9)3)16-15(17)13(6-7-18)20(5)19-16/h8H,6-7,18H2,1-5H3. The van der Waals surface area contributed by atoms with Crippen LogP contribution in [0.2, 0.25) is 0 Å². The van der Waals surface area contributed by atoms with E-state index in [2.05, 4.69) is 49.7 Å². The Labute approximate surface area is 129 Å². The van der Waals surface area contributed by atoms with Crippen LogP contribution in [-0.4, -0.2) is 16.3 Å². The van der Waals surface area contributed by atoms with Crippen molar-refractivity contribution in [2.24, 2.45) is 12.8 Å². The van der Waals surface area contributed by atoms with E-state index < -0.39 is 0 Å². The summed E-state index contributed by atoms with van der Waals surface area (Å²) >= 11 is 3.72. The van der Waals surface area contributed by atoms with Crippen LogP contribution in [0.3, 0.4) is 0 Å². The van der Waals surface area contributed by atoms with Crippen LogP contribution in [0.5, 0.6) is 0 Å². The maximum atomic E-state index is 5.69. The summed E-state index contributed by atoms with van der Waals surface area (Å²) in [4.78, 5) is 0. The molecule has 0 aliphatic carbocycles. The summed E-state index contributed by atoms with van der Waals surface area (Å²) in [7, 11) is 1.98. The third-order valence-corrected chi connectivity index (χ3v) is 4.92. The highest BCUT2D eigenvalue weighted by molar-refractivity contribution is 9.10. The molecule has 0 saturated heterocycles. The Morgan fingerprint density at radius 1 is 1.15 bits per heavy atom. The Kier molecular flexibility index (Phi) is 4.35. The summed E-state index contributed by atoms with van der Waals surface area (Å²) < 4.78 is 3.00. The Morgan fingerprint density at radius 2 is 1.70 bits per heavy atom. The van der Waals surface area contributed by atoms with Crippen LogP contribution in [0.15, 0.2) is 10.5 Å². The molecule has 0 aliphatic heterocycles. The van der Waals surface area contributed by atoms with E-state index in [-0.39, 0.29) is 0 Å².